The lowest BCUT2D eigenvalue weighted by Crippen LogP contribution is -2.21. The number of hydrogen-bond acceptors (Lipinski definition) is 3. The largest absolute Gasteiger partial charge is 0.399 e. The summed E-state index contributed by atoms with van der Waals surface area (Å²) in [5, 5.41) is 0. The SMILES string of the molecule is Cc1nc2cc(N)ccc2n1CCCN1CCCC1. The van der Waals surface area contributed by atoms with Crippen molar-refractivity contribution >= 4 is 16.7 Å². The van der Waals surface area contributed by atoms with E-state index in [0.717, 1.165) is 23.6 Å². The molecule has 1 aliphatic heterocycles. The molecule has 1 aliphatic rings. The summed E-state index contributed by atoms with van der Waals surface area (Å²) in [5.74, 6) is 1.09. The second kappa shape index (κ2) is 5.21. The van der Waals surface area contributed by atoms with Crippen LogP contribution in [0.1, 0.15) is 25.1 Å². The molecule has 102 valence electrons. The van der Waals surface area contributed by atoms with Crippen LogP contribution in [0.25, 0.3) is 11.0 Å². The average Bonchev–Trinajstić information content (AvgIpc) is 2.98. The van der Waals surface area contributed by atoms with Crippen LogP contribution in [-0.4, -0.2) is 34.1 Å². The highest BCUT2D eigenvalue weighted by Crippen LogP contribution is 2.19. The molecule has 2 heterocycles. The Balaban J connectivity index is 1.71. The summed E-state index contributed by atoms with van der Waals surface area (Å²) < 4.78 is 2.31. The summed E-state index contributed by atoms with van der Waals surface area (Å²) in [6, 6.07) is 6.00. The van der Waals surface area contributed by atoms with E-state index in [-0.39, 0.29) is 0 Å². The van der Waals surface area contributed by atoms with Crippen LogP contribution in [0.5, 0.6) is 0 Å². The molecule has 4 heteroatoms. The number of aromatic nitrogens is 2. The molecule has 19 heavy (non-hydrogen) atoms. The van der Waals surface area contributed by atoms with Crippen LogP contribution in [0.3, 0.4) is 0 Å². The van der Waals surface area contributed by atoms with Crippen LogP contribution < -0.4 is 5.73 Å². The molecular formula is C15H22N4. The van der Waals surface area contributed by atoms with Gasteiger partial charge >= 0.3 is 0 Å². The van der Waals surface area contributed by atoms with Crippen LogP contribution in [0, 0.1) is 6.92 Å². The quantitative estimate of drug-likeness (QED) is 0.857. The van der Waals surface area contributed by atoms with E-state index in [1.54, 1.807) is 0 Å². The molecule has 2 aromatic rings. The van der Waals surface area contributed by atoms with Gasteiger partial charge in [-0.2, -0.15) is 0 Å². The number of benzene rings is 1. The van der Waals surface area contributed by atoms with Gasteiger partial charge in [0.05, 0.1) is 11.0 Å². The number of likely N-dealkylation sites (tertiary alicyclic amines) is 1. The maximum Gasteiger partial charge on any atom is 0.106 e. The lowest BCUT2D eigenvalue weighted by atomic mass is 10.3. The zero-order valence-corrected chi connectivity index (χ0v) is 11.6. The van der Waals surface area contributed by atoms with Crippen LogP contribution >= 0.6 is 0 Å². The molecular weight excluding hydrogens is 236 g/mol. The lowest BCUT2D eigenvalue weighted by molar-refractivity contribution is 0.325. The van der Waals surface area contributed by atoms with Gasteiger partial charge in [-0.05, 0) is 64.0 Å². The van der Waals surface area contributed by atoms with Gasteiger partial charge in [-0.3, -0.25) is 0 Å². The van der Waals surface area contributed by atoms with E-state index in [4.69, 9.17) is 5.73 Å². The average molecular weight is 258 g/mol. The summed E-state index contributed by atoms with van der Waals surface area (Å²) in [6.07, 6.45) is 3.93. The topological polar surface area (TPSA) is 47.1 Å². The van der Waals surface area contributed by atoms with Gasteiger partial charge in [-0.25, -0.2) is 4.98 Å². The molecule has 0 atom stereocenters. The first-order chi connectivity index (χ1) is 9.24. The van der Waals surface area contributed by atoms with E-state index in [1.165, 1.54) is 44.4 Å². The normalized spacial score (nSPS) is 16.5. The predicted molar refractivity (Wildman–Crippen MR) is 79.2 cm³/mol. The van der Waals surface area contributed by atoms with Crippen LogP contribution in [-0.2, 0) is 6.54 Å². The highest BCUT2D eigenvalue weighted by molar-refractivity contribution is 5.79. The first-order valence-corrected chi connectivity index (χ1v) is 7.19. The molecule has 0 spiro atoms. The Hall–Kier alpha value is -1.55. The molecule has 0 unspecified atom stereocenters. The Morgan fingerprint density at radius 2 is 2.00 bits per heavy atom. The molecule has 1 fully saturated rings. The predicted octanol–water partition coefficient (Wildman–Crippen LogP) is 2.41. The molecule has 1 aromatic carbocycles. The molecule has 1 aromatic heterocycles. The summed E-state index contributed by atoms with van der Waals surface area (Å²) in [5.41, 5.74) is 8.81. The number of nitrogen functional groups attached to an aromatic ring is 1. The van der Waals surface area contributed by atoms with Gasteiger partial charge in [0.25, 0.3) is 0 Å². The molecule has 0 aliphatic carbocycles. The van der Waals surface area contributed by atoms with Crippen molar-refractivity contribution in [1.82, 2.24) is 14.5 Å². The molecule has 0 bridgehead atoms. The van der Waals surface area contributed by atoms with Gasteiger partial charge in [-0.1, -0.05) is 0 Å². The second-order valence-electron chi connectivity index (χ2n) is 5.46. The van der Waals surface area contributed by atoms with Gasteiger partial charge in [0.2, 0.25) is 0 Å². The third kappa shape index (κ3) is 2.59. The Morgan fingerprint density at radius 1 is 1.21 bits per heavy atom. The number of imidazole rings is 1. The maximum atomic E-state index is 5.81. The molecule has 4 nitrogen and oxygen atoms in total. The molecule has 2 N–H and O–H groups in total. The smallest absolute Gasteiger partial charge is 0.106 e. The van der Waals surface area contributed by atoms with Gasteiger partial charge in [0.15, 0.2) is 0 Å². The van der Waals surface area contributed by atoms with E-state index >= 15 is 0 Å². The minimum absolute atomic E-state index is 0.786. The van der Waals surface area contributed by atoms with Crippen molar-refractivity contribution in [3.63, 3.8) is 0 Å². The minimum atomic E-state index is 0.786. The van der Waals surface area contributed by atoms with E-state index in [2.05, 4.69) is 27.4 Å². The fraction of sp³-hybridized carbons (Fsp3) is 0.533. The standard InChI is InChI=1S/C15H22N4/c1-12-17-14-11-13(16)5-6-15(14)19(12)10-4-9-18-7-2-3-8-18/h5-6,11H,2-4,7-10,16H2,1H3. The Kier molecular flexibility index (Phi) is 3.42. The highest BCUT2D eigenvalue weighted by atomic mass is 15.1. The number of nitrogens with two attached hydrogens (primary N) is 1. The van der Waals surface area contributed by atoms with Crippen molar-refractivity contribution in [2.24, 2.45) is 0 Å². The fourth-order valence-electron chi connectivity index (χ4n) is 3.01. The molecule has 1 saturated heterocycles. The maximum absolute atomic E-state index is 5.81. The first kappa shape index (κ1) is 12.5. The van der Waals surface area contributed by atoms with E-state index in [9.17, 15) is 0 Å². The monoisotopic (exact) mass is 258 g/mol. The first-order valence-electron chi connectivity index (χ1n) is 7.19. The Morgan fingerprint density at radius 3 is 2.79 bits per heavy atom. The molecule has 0 amide bonds. The fourth-order valence-corrected chi connectivity index (χ4v) is 3.01. The van der Waals surface area contributed by atoms with E-state index in [1.807, 2.05) is 12.1 Å². The summed E-state index contributed by atoms with van der Waals surface area (Å²) in [7, 11) is 0. The summed E-state index contributed by atoms with van der Waals surface area (Å²) in [6.45, 7) is 6.88. The number of fused-ring (bicyclic) bond motifs is 1. The summed E-state index contributed by atoms with van der Waals surface area (Å²) >= 11 is 0. The third-order valence-corrected chi connectivity index (χ3v) is 4.02. The zero-order valence-electron chi connectivity index (χ0n) is 11.6. The lowest BCUT2D eigenvalue weighted by Gasteiger charge is -2.15. The van der Waals surface area contributed by atoms with Gasteiger partial charge in [0.1, 0.15) is 5.82 Å². The van der Waals surface area contributed by atoms with Gasteiger partial charge in [0, 0.05) is 12.2 Å². The van der Waals surface area contributed by atoms with Gasteiger partial charge in [-0.15, -0.1) is 0 Å². The van der Waals surface area contributed by atoms with Crippen LogP contribution in [0.2, 0.25) is 0 Å². The number of hydrogen-bond donors (Lipinski definition) is 1. The van der Waals surface area contributed by atoms with Crippen LogP contribution in [0.4, 0.5) is 5.69 Å². The number of aryl methyl sites for hydroxylation is 2. The van der Waals surface area contributed by atoms with Crippen molar-refractivity contribution in [2.75, 3.05) is 25.4 Å². The number of nitrogens with zero attached hydrogens (tertiary/aromatic N) is 3. The van der Waals surface area contributed by atoms with Crippen LogP contribution in [0.15, 0.2) is 18.2 Å². The Bertz CT molecular complexity index is 567. The van der Waals surface area contributed by atoms with Crippen molar-refractivity contribution < 1.29 is 0 Å². The third-order valence-electron chi connectivity index (χ3n) is 4.02. The van der Waals surface area contributed by atoms with Gasteiger partial charge < -0.3 is 15.2 Å². The van der Waals surface area contributed by atoms with E-state index < -0.39 is 0 Å². The molecule has 0 radical (unpaired) electrons. The minimum Gasteiger partial charge on any atom is -0.399 e. The molecule has 3 rings (SSSR count). The van der Waals surface area contributed by atoms with Crippen molar-refractivity contribution in [2.45, 2.75) is 32.7 Å². The number of rotatable bonds is 4. The number of anilines is 1. The van der Waals surface area contributed by atoms with Crippen molar-refractivity contribution in [1.29, 1.82) is 0 Å². The van der Waals surface area contributed by atoms with Crippen molar-refractivity contribution in [3.05, 3.63) is 24.0 Å². The van der Waals surface area contributed by atoms with Crippen molar-refractivity contribution in [3.8, 4) is 0 Å². The Labute approximate surface area is 114 Å². The summed E-state index contributed by atoms with van der Waals surface area (Å²) in [4.78, 5) is 7.16. The highest BCUT2D eigenvalue weighted by Gasteiger charge is 2.12. The zero-order chi connectivity index (χ0) is 13.2. The second-order valence-corrected chi connectivity index (χ2v) is 5.46. The van der Waals surface area contributed by atoms with E-state index in [0.29, 0.717) is 0 Å². The molecule has 0 saturated carbocycles.